The Hall–Kier alpha value is -3.53. The zero-order chi connectivity index (χ0) is 24.2. The van der Waals surface area contributed by atoms with Gasteiger partial charge in [0.2, 0.25) is 5.91 Å². The molecule has 0 saturated heterocycles. The van der Waals surface area contributed by atoms with Crippen LogP contribution in [0.25, 0.3) is 0 Å². The van der Waals surface area contributed by atoms with E-state index < -0.39 is 0 Å². The maximum atomic E-state index is 12.6. The molecule has 4 atom stereocenters. The number of nitrogens with one attached hydrogen (secondary N) is 1. The van der Waals surface area contributed by atoms with Crippen molar-refractivity contribution in [2.24, 2.45) is 17.8 Å². The van der Waals surface area contributed by atoms with Crippen LogP contribution in [0.1, 0.15) is 60.2 Å². The molecule has 4 nitrogen and oxygen atoms in total. The van der Waals surface area contributed by atoms with Gasteiger partial charge in [-0.1, -0.05) is 75.4 Å². The van der Waals surface area contributed by atoms with Gasteiger partial charge in [0.1, 0.15) is 5.78 Å². The highest BCUT2D eigenvalue weighted by molar-refractivity contribution is 6.09. The minimum atomic E-state index is -0.116. The molecule has 4 rings (SSSR count). The molecule has 1 aliphatic carbocycles. The highest BCUT2D eigenvalue weighted by atomic mass is 16.1. The third-order valence-electron chi connectivity index (χ3n) is 7.01. The molecular weight excluding hydrogens is 422 g/mol. The second kappa shape index (κ2) is 10.2. The second-order valence-electron chi connectivity index (χ2n) is 9.54. The molecule has 1 N–H and O–H groups in total. The normalized spacial score (nSPS) is 18.6. The van der Waals surface area contributed by atoms with Gasteiger partial charge in [-0.25, -0.2) is 0 Å². The number of anilines is 1. The van der Waals surface area contributed by atoms with Crippen LogP contribution in [0.15, 0.2) is 78.9 Å². The van der Waals surface area contributed by atoms with Crippen molar-refractivity contribution < 1.29 is 14.4 Å². The lowest BCUT2D eigenvalue weighted by atomic mass is 9.84. The fourth-order valence-electron chi connectivity index (χ4n) is 4.38. The van der Waals surface area contributed by atoms with E-state index in [1.165, 1.54) is 0 Å². The molecular formula is C30H31NO3. The van der Waals surface area contributed by atoms with E-state index >= 15 is 0 Å². The Balaban J connectivity index is 1.31. The number of ketones is 2. The Morgan fingerprint density at radius 1 is 0.853 bits per heavy atom. The number of amides is 1. The molecule has 0 aliphatic heterocycles. The molecule has 3 aromatic carbocycles. The molecule has 0 aromatic heterocycles. The van der Waals surface area contributed by atoms with E-state index in [0.29, 0.717) is 28.5 Å². The van der Waals surface area contributed by atoms with Crippen molar-refractivity contribution in [3.63, 3.8) is 0 Å². The van der Waals surface area contributed by atoms with Crippen LogP contribution >= 0.6 is 0 Å². The Bertz CT molecular complexity index is 1170. The number of carbonyl (C=O) groups excluding carboxylic acids is 3. The molecule has 1 amide bonds. The first-order valence-electron chi connectivity index (χ1n) is 12.0. The third-order valence-corrected chi connectivity index (χ3v) is 7.01. The van der Waals surface area contributed by atoms with Crippen molar-refractivity contribution in [3.05, 3.63) is 101 Å². The average molecular weight is 454 g/mol. The van der Waals surface area contributed by atoms with Crippen molar-refractivity contribution in [1.82, 2.24) is 0 Å². The summed E-state index contributed by atoms with van der Waals surface area (Å²) in [6.07, 6.45) is 1.28. The van der Waals surface area contributed by atoms with E-state index in [4.69, 9.17) is 0 Å². The molecule has 0 heterocycles. The summed E-state index contributed by atoms with van der Waals surface area (Å²) < 4.78 is 0. The quantitative estimate of drug-likeness (QED) is 0.400. The molecule has 0 spiro atoms. The van der Waals surface area contributed by atoms with Crippen molar-refractivity contribution in [2.45, 2.75) is 39.5 Å². The summed E-state index contributed by atoms with van der Waals surface area (Å²) in [5.74, 6) is 1.14. The van der Waals surface area contributed by atoms with Gasteiger partial charge in [-0.2, -0.15) is 0 Å². The SMILES string of the molecule is CC(C(=O)C1C[C@@H]1C)[C@@H](C)c1ccc(CC(=O)Nc2ccc(C(=O)c3ccccc3)cc2)cc1. The first kappa shape index (κ1) is 23.6. The Morgan fingerprint density at radius 3 is 2.03 bits per heavy atom. The molecule has 2 unspecified atom stereocenters. The van der Waals surface area contributed by atoms with Crippen LogP contribution in [-0.2, 0) is 16.0 Å². The fourth-order valence-corrected chi connectivity index (χ4v) is 4.38. The Kier molecular flexibility index (Phi) is 7.06. The summed E-state index contributed by atoms with van der Waals surface area (Å²) >= 11 is 0. The molecule has 0 radical (unpaired) electrons. The predicted molar refractivity (Wildman–Crippen MR) is 135 cm³/mol. The molecule has 1 aliphatic rings. The number of hydrogen-bond acceptors (Lipinski definition) is 3. The summed E-state index contributed by atoms with van der Waals surface area (Å²) in [7, 11) is 0. The third kappa shape index (κ3) is 5.51. The summed E-state index contributed by atoms with van der Waals surface area (Å²) in [6, 6.07) is 24.1. The number of Topliss-reactive ketones (excluding diaryl/α,β-unsaturated/α-hetero) is 1. The van der Waals surface area contributed by atoms with Crippen LogP contribution in [0.2, 0.25) is 0 Å². The van der Waals surface area contributed by atoms with Crippen LogP contribution in [-0.4, -0.2) is 17.5 Å². The van der Waals surface area contributed by atoms with Gasteiger partial charge in [0.05, 0.1) is 6.42 Å². The zero-order valence-corrected chi connectivity index (χ0v) is 20.0. The first-order valence-corrected chi connectivity index (χ1v) is 12.0. The maximum absolute atomic E-state index is 12.6. The van der Waals surface area contributed by atoms with Crippen LogP contribution in [0.4, 0.5) is 5.69 Å². The number of carbonyl (C=O) groups is 3. The molecule has 1 fully saturated rings. The van der Waals surface area contributed by atoms with Gasteiger partial charge >= 0.3 is 0 Å². The Morgan fingerprint density at radius 2 is 1.44 bits per heavy atom. The molecule has 34 heavy (non-hydrogen) atoms. The van der Waals surface area contributed by atoms with Gasteiger partial charge < -0.3 is 5.32 Å². The van der Waals surface area contributed by atoms with E-state index in [1.54, 1.807) is 36.4 Å². The number of hydrogen-bond donors (Lipinski definition) is 1. The summed E-state index contributed by atoms with van der Waals surface area (Å²) in [6.45, 7) is 6.26. The summed E-state index contributed by atoms with van der Waals surface area (Å²) in [5.41, 5.74) is 3.91. The van der Waals surface area contributed by atoms with Crippen LogP contribution in [0.5, 0.6) is 0 Å². The topological polar surface area (TPSA) is 63.2 Å². The average Bonchev–Trinajstić information content (AvgIpc) is 3.60. The fraction of sp³-hybridized carbons (Fsp3) is 0.300. The standard InChI is InChI=1S/C30H31NO3/c1-19-17-27(19)29(33)21(3)20(2)23-11-9-22(10-12-23)18-28(32)31-26-15-13-25(14-16-26)30(34)24-7-5-4-6-8-24/h4-16,19-21,27H,17-18H2,1-3H3,(H,31,32)/t19-,20+,21?,27?/m0/s1. The lowest BCUT2D eigenvalue weighted by Crippen LogP contribution is -2.20. The van der Waals surface area contributed by atoms with Crippen LogP contribution in [0, 0.1) is 17.8 Å². The monoisotopic (exact) mass is 453 g/mol. The minimum Gasteiger partial charge on any atom is -0.326 e. The highest BCUT2D eigenvalue weighted by Crippen LogP contribution is 2.42. The predicted octanol–water partition coefficient (Wildman–Crippen LogP) is 6.06. The van der Waals surface area contributed by atoms with Crippen LogP contribution < -0.4 is 5.32 Å². The smallest absolute Gasteiger partial charge is 0.228 e. The zero-order valence-electron chi connectivity index (χ0n) is 20.0. The van der Waals surface area contributed by atoms with Gasteiger partial charge in [-0.05, 0) is 53.6 Å². The van der Waals surface area contributed by atoms with Gasteiger partial charge in [-0.15, -0.1) is 0 Å². The minimum absolute atomic E-state index is 0.000780. The highest BCUT2D eigenvalue weighted by Gasteiger charge is 2.41. The molecule has 1 saturated carbocycles. The number of benzene rings is 3. The first-order chi connectivity index (χ1) is 16.3. The van der Waals surface area contributed by atoms with Crippen molar-refractivity contribution in [2.75, 3.05) is 5.32 Å². The van der Waals surface area contributed by atoms with E-state index in [2.05, 4.69) is 19.2 Å². The number of rotatable bonds is 9. The van der Waals surface area contributed by atoms with E-state index in [-0.39, 0.29) is 35.9 Å². The van der Waals surface area contributed by atoms with Crippen molar-refractivity contribution in [3.8, 4) is 0 Å². The lowest BCUT2D eigenvalue weighted by Gasteiger charge is -2.19. The van der Waals surface area contributed by atoms with E-state index in [0.717, 1.165) is 17.5 Å². The summed E-state index contributed by atoms with van der Waals surface area (Å²) in [4.78, 5) is 37.6. The molecule has 3 aromatic rings. The maximum Gasteiger partial charge on any atom is 0.228 e. The molecule has 0 bridgehead atoms. The van der Waals surface area contributed by atoms with Gasteiger partial charge in [0.25, 0.3) is 0 Å². The second-order valence-corrected chi connectivity index (χ2v) is 9.54. The Labute approximate surface area is 201 Å². The van der Waals surface area contributed by atoms with Gasteiger partial charge in [-0.3, -0.25) is 14.4 Å². The molecule has 174 valence electrons. The lowest BCUT2D eigenvalue weighted by molar-refractivity contribution is -0.124. The van der Waals surface area contributed by atoms with E-state index in [1.807, 2.05) is 49.4 Å². The van der Waals surface area contributed by atoms with Crippen molar-refractivity contribution >= 4 is 23.2 Å². The van der Waals surface area contributed by atoms with Gasteiger partial charge in [0, 0.05) is 28.7 Å². The van der Waals surface area contributed by atoms with Crippen LogP contribution in [0.3, 0.4) is 0 Å². The molecule has 4 heteroatoms. The summed E-state index contributed by atoms with van der Waals surface area (Å²) in [5, 5.41) is 2.90. The largest absolute Gasteiger partial charge is 0.326 e. The van der Waals surface area contributed by atoms with E-state index in [9.17, 15) is 14.4 Å². The van der Waals surface area contributed by atoms with Gasteiger partial charge in [0.15, 0.2) is 5.78 Å². The van der Waals surface area contributed by atoms with Crippen molar-refractivity contribution in [1.29, 1.82) is 0 Å².